The summed E-state index contributed by atoms with van der Waals surface area (Å²) in [5.41, 5.74) is 0.514. The van der Waals surface area contributed by atoms with Crippen molar-refractivity contribution in [2.45, 2.75) is 45.1 Å². The summed E-state index contributed by atoms with van der Waals surface area (Å²) in [7, 11) is 1.65. The fourth-order valence-corrected chi connectivity index (χ4v) is 1.92. The minimum atomic E-state index is -0.454. The molecule has 1 aromatic rings. The number of anilines is 1. The van der Waals surface area contributed by atoms with Gasteiger partial charge in [0.25, 0.3) is 0 Å². The van der Waals surface area contributed by atoms with Gasteiger partial charge in [-0.2, -0.15) is 5.26 Å². The Hall–Kier alpha value is -1.69. The second-order valence-corrected chi connectivity index (χ2v) is 4.50. The van der Waals surface area contributed by atoms with Crippen LogP contribution < -0.4 is 10.1 Å². The van der Waals surface area contributed by atoms with Crippen LogP contribution in [0, 0.1) is 11.3 Å². The van der Waals surface area contributed by atoms with Crippen LogP contribution in [0.25, 0.3) is 0 Å². The SMILES string of the molecule is CCCCC(C#N)(CC)Nc1ccc(OC)cc1. The number of rotatable bonds is 7. The molecule has 0 saturated heterocycles. The van der Waals surface area contributed by atoms with Gasteiger partial charge >= 0.3 is 0 Å². The third-order valence-electron chi connectivity index (χ3n) is 3.25. The zero-order valence-electron chi connectivity index (χ0n) is 11.5. The number of hydrogen-bond donors (Lipinski definition) is 1. The lowest BCUT2D eigenvalue weighted by Crippen LogP contribution is -2.35. The normalized spacial score (nSPS) is 13.4. The van der Waals surface area contributed by atoms with Crippen LogP contribution in [0.3, 0.4) is 0 Å². The van der Waals surface area contributed by atoms with Crippen molar-refractivity contribution in [1.82, 2.24) is 0 Å². The summed E-state index contributed by atoms with van der Waals surface area (Å²) >= 11 is 0. The minimum Gasteiger partial charge on any atom is -0.497 e. The number of ether oxygens (including phenoxy) is 1. The van der Waals surface area contributed by atoms with E-state index in [4.69, 9.17) is 4.74 Å². The van der Waals surface area contributed by atoms with Crippen molar-refractivity contribution in [1.29, 1.82) is 5.26 Å². The van der Waals surface area contributed by atoms with Gasteiger partial charge in [0, 0.05) is 5.69 Å². The van der Waals surface area contributed by atoms with Gasteiger partial charge in [0.2, 0.25) is 0 Å². The highest BCUT2D eigenvalue weighted by atomic mass is 16.5. The average molecular weight is 246 g/mol. The van der Waals surface area contributed by atoms with E-state index in [9.17, 15) is 5.26 Å². The average Bonchev–Trinajstić information content (AvgIpc) is 2.44. The predicted octanol–water partition coefficient (Wildman–Crippen LogP) is 3.97. The molecule has 1 N–H and O–H groups in total. The summed E-state index contributed by atoms with van der Waals surface area (Å²) in [6, 6.07) is 10.1. The second kappa shape index (κ2) is 6.90. The van der Waals surface area contributed by atoms with Crippen molar-refractivity contribution in [3.05, 3.63) is 24.3 Å². The first-order valence-electron chi connectivity index (χ1n) is 6.53. The summed E-state index contributed by atoms with van der Waals surface area (Å²) in [5, 5.41) is 12.8. The smallest absolute Gasteiger partial charge is 0.125 e. The van der Waals surface area contributed by atoms with Gasteiger partial charge in [-0.1, -0.05) is 26.7 Å². The third-order valence-corrected chi connectivity index (χ3v) is 3.25. The van der Waals surface area contributed by atoms with E-state index in [2.05, 4.69) is 25.2 Å². The molecular weight excluding hydrogens is 224 g/mol. The molecule has 3 nitrogen and oxygen atoms in total. The molecule has 0 saturated carbocycles. The highest BCUT2D eigenvalue weighted by Gasteiger charge is 2.26. The van der Waals surface area contributed by atoms with Crippen LogP contribution in [-0.2, 0) is 0 Å². The molecule has 3 heteroatoms. The fraction of sp³-hybridized carbons (Fsp3) is 0.533. The van der Waals surface area contributed by atoms with Crippen molar-refractivity contribution in [2.75, 3.05) is 12.4 Å². The minimum absolute atomic E-state index is 0.454. The molecule has 0 aromatic heterocycles. The molecule has 0 bridgehead atoms. The topological polar surface area (TPSA) is 45.0 Å². The summed E-state index contributed by atoms with van der Waals surface area (Å²) in [6.07, 6.45) is 3.84. The number of nitrogens with one attached hydrogen (secondary N) is 1. The van der Waals surface area contributed by atoms with Gasteiger partial charge in [0.1, 0.15) is 11.3 Å². The lowest BCUT2D eigenvalue weighted by atomic mass is 9.91. The summed E-state index contributed by atoms with van der Waals surface area (Å²) < 4.78 is 5.12. The molecule has 0 fully saturated rings. The molecule has 1 unspecified atom stereocenters. The number of benzene rings is 1. The van der Waals surface area contributed by atoms with E-state index in [1.165, 1.54) is 0 Å². The molecule has 0 aliphatic rings. The lowest BCUT2D eigenvalue weighted by Gasteiger charge is -2.27. The molecule has 0 radical (unpaired) electrons. The molecule has 1 atom stereocenters. The largest absolute Gasteiger partial charge is 0.497 e. The van der Waals surface area contributed by atoms with Crippen molar-refractivity contribution in [3.63, 3.8) is 0 Å². The maximum atomic E-state index is 9.43. The van der Waals surface area contributed by atoms with Gasteiger partial charge < -0.3 is 10.1 Å². The van der Waals surface area contributed by atoms with Gasteiger partial charge in [-0.25, -0.2) is 0 Å². The molecular formula is C15H22N2O. The Morgan fingerprint density at radius 3 is 2.39 bits per heavy atom. The molecule has 0 heterocycles. The zero-order valence-corrected chi connectivity index (χ0v) is 11.5. The van der Waals surface area contributed by atoms with Crippen LogP contribution in [0.4, 0.5) is 5.69 Å². The predicted molar refractivity (Wildman–Crippen MR) is 74.8 cm³/mol. The van der Waals surface area contributed by atoms with Gasteiger partial charge in [-0.05, 0) is 37.1 Å². The van der Waals surface area contributed by atoms with Crippen molar-refractivity contribution in [3.8, 4) is 11.8 Å². The van der Waals surface area contributed by atoms with Gasteiger partial charge in [-0.3, -0.25) is 0 Å². The summed E-state index contributed by atoms with van der Waals surface area (Å²) in [4.78, 5) is 0. The van der Waals surface area contributed by atoms with Crippen molar-refractivity contribution < 1.29 is 4.74 Å². The van der Waals surface area contributed by atoms with Gasteiger partial charge in [0.15, 0.2) is 0 Å². The molecule has 0 aliphatic heterocycles. The van der Waals surface area contributed by atoms with Crippen LogP contribution in [0.5, 0.6) is 5.75 Å². The van der Waals surface area contributed by atoms with E-state index in [-0.39, 0.29) is 0 Å². The number of hydrogen-bond acceptors (Lipinski definition) is 3. The maximum Gasteiger partial charge on any atom is 0.125 e. The molecule has 98 valence electrons. The Morgan fingerprint density at radius 1 is 1.28 bits per heavy atom. The fourth-order valence-electron chi connectivity index (χ4n) is 1.92. The number of nitrogens with zero attached hydrogens (tertiary/aromatic N) is 1. The highest BCUT2D eigenvalue weighted by molar-refractivity contribution is 5.50. The monoisotopic (exact) mass is 246 g/mol. The van der Waals surface area contributed by atoms with E-state index in [1.54, 1.807) is 7.11 Å². The summed E-state index contributed by atoms with van der Waals surface area (Å²) in [6.45, 7) is 4.20. The van der Waals surface area contributed by atoms with Crippen molar-refractivity contribution >= 4 is 5.69 Å². The maximum absolute atomic E-state index is 9.43. The summed E-state index contributed by atoms with van der Waals surface area (Å²) in [5.74, 6) is 0.827. The molecule has 0 amide bonds. The van der Waals surface area contributed by atoms with Gasteiger partial charge in [-0.15, -0.1) is 0 Å². The van der Waals surface area contributed by atoms with Crippen molar-refractivity contribution in [2.24, 2.45) is 0 Å². The van der Waals surface area contributed by atoms with E-state index < -0.39 is 5.54 Å². The molecule has 18 heavy (non-hydrogen) atoms. The quantitative estimate of drug-likeness (QED) is 0.791. The van der Waals surface area contributed by atoms with E-state index >= 15 is 0 Å². The Bertz CT molecular complexity index is 394. The Morgan fingerprint density at radius 2 is 1.94 bits per heavy atom. The number of methoxy groups -OCH3 is 1. The number of nitriles is 1. The molecule has 0 aliphatic carbocycles. The second-order valence-electron chi connectivity index (χ2n) is 4.50. The Kier molecular flexibility index (Phi) is 5.51. The molecule has 0 spiro atoms. The molecule has 1 rings (SSSR count). The molecule has 1 aromatic carbocycles. The first kappa shape index (κ1) is 14.4. The third kappa shape index (κ3) is 3.66. The first-order chi connectivity index (χ1) is 8.69. The first-order valence-corrected chi connectivity index (χ1v) is 6.53. The van der Waals surface area contributed by atoms with Crippen LogP contribution in [0.1, 0.15) is 39.5 Å². The van der Waals surface area contributed by atoms with E-state index in [0.717, 1.165) is 37.1 Å². The zero-order chi connectivity index (χ0) is 13.4. The van der Waals surface area contributed by atoms with Crippen LogP contribution in [0.15, 0.2) is 24.3 Å². The van der Waals surface area contributed by atoms with Gasteiger partial charge in [0.05, 0.1) is 13.2 Å². The van der Waals surface area contributed by atoms with Crippen LogP contribution in [0.2, 0.25) is 0 Å². The van der Waals surface area contributed by atoms with Crippen LogP contribution >= 0.6 is 0 Å². The Labute approximate surface area is 110 Å². The standard InChI is InChI=1S/C15H22N2O/c1-4-6-11-15(5-2,12-16)17-13-7-9-14(18-3)10-8-13/h7-10,17H,4-6,11H2,1-3H3. The lowest BCUT2D eigenvalue weighted by molar-refractivity contribution is 0.415. The van der Waals surface area contributed by atoms with E-state index in [1.807, 2.05) is 24.3 Å². The highest BCUT2D eigenvalue weighted by Crippen LogP contribution is 2.25. The van der Waals surface area contributed by atoms with E-state index in [0.29, 0.717) is 0 Å². The Balaban J connectivity index is 2.79. The number of unbranched alkanes of at least 4 members (excludes halogenated alkanes) is 1. The van der Waals surface area contributed by atoms with Crippen LogP contribution in [-0.4, -0.2) is 12.6 Å².